The van der Waals surface area contributed by atoms with Crippen LogP contribution in [0, 0.1) is 0 Å². The molecule has 0 amide bonds. The van der Waals surface area contributed by atoms with Gasteiger partial charge in [-0.2, -0.15) is 0 Å². The van der Waals surface area contributed by atoms with Gasteiger partial charge in [-0.1, -0.05) is 31.4 Å². The Kier molecular flexibility index (Phi) is 5.39. The molecule has 0 bridgehead atoms. The zero-order chi connectivity index (χ0) is 16.3. The van der Waals surface area contributed by atoms with Gasteiger partial charge in [-0.3, -0.25) is 0 Å². The van der Waals surface area contributed by atoms with E-state index in [2.05, 4.69) is 4.72 Å². The molecule has 1 aromatic rings. The highest BCUT2D eigenvalue weighted by atomic mass is 32.2. The Balaban J connectivity index is 1.65. The van der Waals surface area contributed by atoms with Gasteiger partial charge in [0.25, 0.3) is 0 Å². The predicted octanol–water partition coefficient (Wildman–Crippen LogP) is 3.32. The highest BCUT2D eigenvalue weighted by Gasteiger charge is 2.25. The maximum Gasteiger partial charge on any atom is 0.240 e. The Bertz CT molecular complexity index is 598. The quantitative estimate of drug-likeness (QED) is 0.886. The smallest absolute Gasteiger partial charge is 0.240 e. The van der Waals surface area contributed by atoms with Crippen LogP contribution in [0.1, 0.15) is 69.3 Å². The van der Waals surface area contributed by atoms with E-state index in [1.165, 1.54) is 37.7 Å². The van der Waals surface area contributed by atoms with Gasteiger partial charge < -0.3 is 5.11 Å². The molecular formula is C18H27NO3S. The van der Waals surface area contributed by atoms with Gasteiger partial charge >= 0.3 is 0 Å². The lowest BCUT2D eigenvalue weighted by Crippen LogP contribution is -2.38. The van der Waals surface area contributed by atoms with Crippen LogP contribution in [0.5, 0.6) is 0 Å². The molecule has 0 atom stereocenters. The number of hydrogen-bond acceptors (Lipinski definition) is 3. The summed E-state index contributed by atoms with van der Waals surface area (Å²) < 4.78 is 27.8. The Morgan fingerprint density at radius 1 is 0.870 bits per heavy atom. The maximum absolute atomic E-state index is 12.5. The summed E-state index contributed by atoms with van der Waals surface area (Å²) >= 11 is 0. The third-order valence-corrected chi connectivity index (χ3v) is 6.82. The van der Waals surface area contributed by atoms with Crippen molar-refractivity contribution in [1.29, 1.82) is 0 Å². The van der Waals surface area contributed by atoms with Gasteiger partial charge in [-0.25, -0.2) is 13.1 Å². The SMILES string of the molecule is O=S(=O)(NC1CCC(O)CC1)c1ccc(C2CCCCC2)cc1. The van der Waals surface area contributed by atoms with E-state index in [0.29, 0.717) is 36.5 Å². The monoisotopic (exact) mass is 337 g/mol. The third-order valence-electron chi connectivity index (χ3n) is 5.29. The molecule has 0 spiro atoms. The number of nitrogens with one attached hydrogen (secondary N) is 1. The van der Waals surface area contributed by atoms with Crippen LogP contribution in [0.3, 0.4) is 0 Å². The summed E-state index contributed by atoms with van der Waals surface area (Å²) in [5.74, 6) is 0.591. The minimum Gasteiger partial charge on any atom is -0.393 e. The van der Waals surface area contributed by atoms with Gasteiger partial charge in [0, 0.05) is 6.04 Å². The fourth-order valence-electron chi connectivity index (χ4n) is 3.84. The van der Waals surface area contributed by atoms with Crippen LogP contribution >= 0.6 is 0 Å². The molecule has 23 heavy (non-hydrogen) atoms. The molecule has 0 aromatic heterocycles. The van der Waals surface area contributed by atoms with Gasteiger partial charge in [0.15, 0.2) is 0 Å². The molecule has 0 unspecified atom stereocenters. The van der Waals surface area contributed by atoms with Crippen molar-refractivity contribution >= 4 is 10.0 Å². The summed E-state index contributed by atoms with van der Waals surface area (Å²) in [5.41, 5.74) is 1.27. The van der Waals surface area contributed by atoms with Gasteiger partial charge in [0.05, 0.1) is 11.0 Å². The Hall–Kier alpha value is -0.910. The lowest BCUT2D eigenvalue weighted by Gasteiger charge is -2.26. The van der Waals surface area contributed by atoms with Crippen LogP contribution in [-0.2, 0) is 10.0 Å². The average molecular weight is 337 g/mol. The Labute approximate surface area is 139 Å². The second kappa shape index (κ2) is 7.32. The van der Waals surface area contributed by atoms with Crippen molar-refractivity contribution in [2.75, 3.05) is 0 Å². The zero-order valence-corrected chi connectivity index (χ0v) is 14.4. The van der Waals surface area contributed by atoms with E-state index in [1.54, 1.807) is 12.1 Å². The number of aliphatic hydroxyl groups excluding tert-OH is 1. The first kappa shape index (κ1) is 16.9. The second-order valence-electron chi connectivity index (χ2n) is 7.03. The minimum atomic E-state index is -3.46. The molecule has 2 aliphatic rings. The first-order valence-corrected chi connectivity index (χ1v) is 10.3. The largest absolute Gasteiger partial charge is 0.393 e. The van der Waals surface area contributed by atoms with Crippen LogP contribution in [0.4, 0.5) is 0 Å². The Morgan fingerprint density at radius 3 is 2.09 bits per heavy atom. The summed E-state index contributed by atoms with van der Waals surface area (Å²) in [6, 6.07) is 7.39. The number of benzene rings is 1. The molecule has 2 aliphatic carbocycles. The molecule has 4 nitrogen and oxygen atoms in total. The number of sulfonamides is 1. The molecule has 0 saturated heterocycles. The Morgan fingerprint density at radius 2 is 1.48 bits per heavy atom. The second-order valence-corrected chi connectivity index (χ2v) is 8.74. The molecule has 128 valence electrons. The van der Waals surface area contributed by atoms with E-state index in [-0.39, 0.29) is 12.1 Å². The normalized spacial score (nSPS) is 27.0. The van der Waals surface area contributed by atoms with E-state index < -0.39 is 10.0 Å². The van der Waals surface area contributed by atoms with Crippen molar-refractivity contribution < 1.29 is 13.5 Å². The summed E-state index contributed by atoms with van der Waals surface area (Å²) in [7, 11) is -3.46. The molecule has 2 saturated carbocycles. The van der Waals surface area contributed by atoms with E-state index in [4.69, 9.17) is 0 Å². The van der Waals surface area contributed by atoms with E-state index in [9.17, 15) is 13.5 Å². The maximum atomic E-state index is 12.5. The molecular weight excluding hydrogens is 310 g/mol. The number of hydrogen-bond donors (Lipinski definition) is 2. The van der Waals surface area contributed by atoms with Crippen molar-refractivity contribution in [3.63, 3.8) is 0 Å². The van der Waals surface area contributed by atoms with E-state index in [0.717, 1.165) is 0 Å². The summed E-state index contributed by atoms with van der Waals surface area (Å²) in [4.78, 5) is 0.350. The molecule has 0 heterocycles. The highest BCUT2D eigenvalue weighted by molar-refractivity contribution is 7.89. The van der Waals surface area contributed by atoms with Crippen LogP contribution in [0.15, 0.2) is 29.2 Å². The fraction of sp³-hybridized carbons (Fsp3) is 0.667. The zero-order valence-electron chi connectivity index (χ0n) is 13.6. The van der Waals surface area contributed by atoms with Gasteiger partial charge in [-0.05, 0) is 62.1 Å². The predicted molar refractivity (Wildman–Crippen MR) is 90.9 cm³/mol. The van der Waals surface area contributed by atoms with Crippen molar-refractivity contribution in [3.8, 4) is 0 Å². The fourth-order valence-corrected chi connectivity index (χ4v) is 5.14. The van der Waals surface area contributed by atoms with Crippen molar-refractivity contribution in [3.05, 3.63) is 29.8 Å². The van der Waals surface area contributed by atoms with Crippen LogP contribution < -0.4 is 4.72 Å². The molecule has 2 fully saturated rings. The molecule has 5 heteroatoms. The molecule has 0 radical (unpaired) electrons. The van der Waals surface area contributed by atoms with Gasteiger partial charge in [-0.15, -0.1) is 0 Å². The minimum absolute atomic E-state index is 0.0542. The lowest BCUT2D eigenvalue weighted by molar-refractivity contribution is 0.120. The summed E-state index contributed by atoms with van der Waals surface area (Å²) in [6.07, 6.45) is 8.81. The number of rotatable bonds is 4. The first-order chi connectivity index (χ1) is 11.0. The standard InChI is InChI=1S/C18H27NO3S/c20-17-10-8-16(9-11-17)19-23(21,22)18-12-6-15(7-13-18)14-4-2-1-3-5-14/h6-7,12-14,16-17,19-20H,1-5,8-11H2. The highest BCUT2D eigenvalue weighted by Crippen LogP contribution is 2.33. The van der Waals surface area contributed by atoms with E-state index in [1.807, 2.05) is 12.1 Å². The lowest BCUT2D eigenvalue weighted by atomic mass is 9.84. The molecule has 0 aliphatic heterocycles. The van der Waals surface area contributed by atoms with Crippen LogP contribution in [0.2, 0.25) is 0 Å². The summed E-state index contributed by atoms with van der Waals surface area (Å²) in [6.45, 7) is 0. The van der Waals surface area contributed by atoms with Gasteiger partial charge in [0.2, 0.25) is 10.0 Å². The molecule has 3 rings (SSSR count). The van der Waals surface area contributed by atoms with Gasteiger partial charge in [0.1, 0.15) is 0 Å². The van der Waals surface area contributed by atoms with Crippen molar-refractivity contribution in [2.24, 2.45) is 0 Å². The average Bonchev–Trinajstić information content (AvgIpc) is 2.58. The van der Waals surface area contributed by atoms with Crippen LogP contribution in [-0.4, -0.2) is 25.7 Å². The topological polar surface area (TPSA) is 66.4 Å². The van der Waals surface area contributed by atoms with Crippen molar-refractivity contribution in [1.82, 2.24) is 4.72 Å². The third kappa shape index (κ3) is 4.34. The van der Waals surface area contributed by atoms with Crippen LogP contribution in [0.25, 0.3) is 0 Å². The first-order valence-electron chi connectivity index (χ1n) is 8.85. The van der Waals surface area contributed by atoms with E-state index >= 15 is 0 Å². The summed E-state index contributed by atoms with van der Waals surface area (Å²) in [5, 5.41) is 9.52. The number of aliphatic hydroxyl groups is 1. The molecule has 2 N–H and O–H groups in total. The van der Waals surface area contributed by atoms with Crippen molar-refractivity contribution in [2.45, 2.75) is 80.7 Å². The molecule has 1 aromatic carbocycles.